The molecule has 0 saturated carbocycles. The summed E-state index contributed by atoms with van der Waals surface area (Å²) < 4.78 is 26.7. The summed E-state index contributed by atoms with van der Waals surface area (Å²) in [5.41, 5.74) is 2.03. The number of hydrogen-bond donors (Lipinski definition) is 0. The fourth-order valence-corrected chi connectivity index (χ4v) is 5.01. The van der Waals surface area contributed by atoms with Crippen molar-refractivity contribution in [1.82, 2.24) is 4.90 Å². The summed E-state index contributed by atoms with van der Waals surface area (Å²) in [5.74, 6) is 0.279. The summed E-state index contributed by atoms with van der Waals surface area (Å²) in [6.45, 7) is 2.61. The molecule has 0 spiro atoms. The molecule has 0 aliphatic carbocycles. The average Bonchev–Trinajstić information content (AvgIpc) is 3.08. The highest BCUT2D eigenvalue weighted by atomic mass is 127. The molecule has 1 aliphatic heterocycles. The van der Waals surface area contributed by atoms with Crippen LogP contribution in [0.4, 0.5) is 9.18 Å². The minimum Gasteiger partial charge on any atom is -0.490 e. The Kier molecular flexibility index (Phi) is 7.89. The Hall–Kier alpha value is -2.85. The van der Waals surface area contributed by atoms with Gasteiger partial charge in [-0.3, -0.25) is 14.5 Å². The number of benzene rings is 3. The van der Waals surface area contributed by atoms with E-state index < -0.39 is 17.0 Å². The number of amides is 2. The molecule has 0 aromatic heterocycles. The van der Waals surface area contributed by atoms with E-state index in [0.717, 1.165) is 25.8 Å². The molecule has 0 N–H and O–H groups in total. The summed E-state index contributed by atoms with van der Waals surface area (Å²) in [6, 6.07) is 19.6. The van der Waals surface area contributed by atoms with Crippen LogP contribution in [0, 0.1) is 9.39 Å². The molecular formula is C26H21FINO4S. The van der Waals surface area contributed by atoms with Gasteiger partial charge >= 0.3 is 0 Å². The zero-order valence-corrected chi connectivity index (χ0v) is 21.3. The van der Waals surface area contributed by atoms with Crippen LogP contribution in [0.25, 0.3) is 6.08 Å². The number of imide groups is 1. The van der Waals surface area contributed by atoms with Crippen molar-refractivity contribution >= 4 is 51.6 Å². The smallest absolute Gasteiger partial charge is 0.293 e. The van der Waals surface area contributed by atoms with Crippen LogP contribution in [0.3, 0.4) is 0 Å². The van der Waals surface area contributed by atoms with Crippen molar-refractivity contribution in [1.29, 1.82) is 0 Å². The molecule has 4 rings (SSSR count). The number of halogens is 2. The summed E-state index contributed by atoms with van der Waals surface area (Å²) >= 11 is 3.01. The molecule has 2 amide bonds. The van der Waals surface area contributed by atoms with Crippen molar-refractivity contribution in [3.05, 3.63) is 97.7 Å². The molecule has 0 bridgehead atoms. The molecule has 1 saturated heterocycles. The highest BCUT2D eigenvalue weighted by Gasteiger charge is 2.35. The van der Waals surface area contributed by atoms with Crippen LogP contribution in [-0.4, -0.2) is 22.7 Å². The standard InChI is InChI=1S/C26H21FINO4S/c1-2-32-22-13-18(12-21(28)24(22)33-16-17-8-4-3-5-9-17)14-23-25(30)29(26(31)34-23)15-19-10-6-7-11-20(19)27/h3-14H,2,15-16H2,1H3/b23-14-. The molecule has 5 nitrogen and oxygen atoms in total. The molecular weight excluding hydrogens is 568 g/mol. The molecule has 0 unspecified atom stereocenters. The van der Waals surface area contributed by atoms with E-state index in [1.54, 1.807) is 30.3 Å². The van der Waals surface area contributed by atoms with Crippen LogP contribution in [0.5, 0.6) is 11.5 Å². The van der Waals surface area contributed by atoms with Crippen LogP contribution in [0.2, 0.25) is 0 Å². The first-order valence-corrected chi connectivity index (χ1v) is 12.5. The Morgan fingerprint density at radius 2 is 1.76 bits per heavy atom. The van der Waals surface area contributed by atoms with Crippen molar-refractivity contribution in [2.75, 3.05) is 6.61 Å². The fourth-order valence-electron chi connectivity index (χ4n) is 3.39. The zero-order chi connectivity index (χ0) is 24.1. The van der Waals surface area contributed by atoms with Crippen molar-refractivity contribution < 1.29 is 23.5 Å². The summed E-state index contributed by atoms with van der Waals surface area (Å²) in [6.07, 6.45) is 1.65. The molecule has 3 aromatic rings. The van der Waals surface area contributed by atoms with E-state index in [0.29, 0.717) is 35.8 Å². The van der Waals surface area contributed by atoms with Crippen LogP contribution >= 0.6 is 34.4 Å². The number of hydrogen-bond acceptors (Lipinski definition) is 5. The Labute approximate surface area is 215 Å². The van der Waals surface area contributed by atoms with Crippen LogP contribution in [0.1, 0.15) is 23.6 Å². The van der Waals surface area contributed by atoms with Crippen molar-refractivity contribution in [2.45, 2.75) is 20.1 Å². The highest BCUT2D eigenvalue weighted by Crippen LogP contribution is 2.38. The lowest BCUT2D eigenvalue weighted by atomic mass is 10.1. The second-order valence-corrected chi connectivity index (χ2v) is 9.55. The van der Waals surface area contributed by atoms with Crippen molar-refractivity contribution in [2.24, 2.45) is 0 Å². The second kappa shape index (κ2) is 11.1. The molecule has 0 radical (unpaired) electrons. The summed E-state index contributed by atoms with van der Waals surface area (Å²) in [7, 11) is 0. The van der Waals surface area contributed by atoms with Gasteiger partial charge in [0.05, 0.1) is 21.6 Å². The second-order valence-electron chi connectivity index (χ2n) is 7.40. The van der Waals surface area contributed by atoms with Crippen LogP contribution < -0.4 is 9.47 Å². The van der Waals surface area contributed by atoms with Gasteiger partial charge in [-0.15, -0.1) is 0 Å². The zero-order valence-electron chi connectivity index (χ0n) is 18.3. The van der Waals surface area contributed by atoms with E-state index >= 15 is 0 Å². The van der Waals surface area contributed by atoms with E-state index in [2.05, 4.69) is 22.6 Å². The lowest BCUT2D eigenvalue weighted by Gasteiger charge is -2.15. The lowest BCUT2D eigenvalue weighted by molar-refractivity contribution is -0.123. The van der Waals surface area contributed by atoms with E-state index in [1.165, 1.54) is 6.07 Å². The maximum Gasteiger partial charge on any atom is 0.293 e. The SMILES string of the molecule is CCOc1cc(/C=C2\SC(=O)N(Cc3ccccc3F)C2=O)cc(I)c1OCc1ccccc1. The van der Waals surface area contributed by atoms with Crippen LogP contribution in [0.15, 0.2) is 71.6 Å². The first-order chi connectivity index (χ1) is 16.5. The number of thioether (sulfide) groups is 1. The van der Waals surface area contributed by atoms with Gasteiger partial charge in [0, 0.05) is 5.56 Å². The Bertz CT molecular complexity index is 1250. The molecule has 3 aromatic carbocycles. The van der Waals surface area contributed by atoms with Crippen molar-refractivity contribution in [3.63, 3.8) is 0 Å². The van der Waals surface area contributed by atoms with Gasteiger partial charge in [0.25, 0.3) is 11.1 Å². The Morgan fingerprint density at radius 3 is 2.50 bits per heavy atom. The number of carbonyl (C=O) groups is 2. The summed E-state index contributed by atoms with van der Waals surface area (Å²) in [5, 5.41) is -0.429. The third-order valence-corrected chi connectivity index (χ3v) is 6.72. The lowest BCUT2D eigenvalue weighted by Crippen LogP contribution is -2.27. The van der Waals surface area contributed by atoms with Gasteiger partial charge in [0.1, 0.15) is 12.4 Å². The Morgan fingerprint density at radius 1 is 1.03 bits per heavy atom. The van der Waals surface area contributed by atoms with Gasteiger partial charge in [0.2, 0.25) is 0 Å². The van der Waals surface area contributed by atoms with Gasteiger partial charge in [0.15, 0.2) is 11.5 Å². The van der Waals surface area contributed by atoms with Crippen molar-refractivity contribution in [3.8, 4) is 11.5 Å². The molecule has 0 atom stereocenters. The maximum absolute atomic E-state index is 14.0. The number of nitrogens with zero attached hydrogens (tertiary/aromatic N) is 1. The van der Waals surface area contributed by atoms with Gasteiger partial charge in [-0.05, 0) is 76.7 Å². The predicted octanol–water partition coefficient (Wildman–Crippen LogP) is 6.64. The molecule has 1 heterocycles. The molecule has 34 heavy (non-hydrogen) atoms. The fraction of sp³-hybridized carbons (Fsp3) is 0.154. The molecule has 8 heteroatoms. The largest absolute Gasteiger partial charge is 0.490 e. The molecule has 1 aliphatic rings. The van der Waals surface area contributed by atoms with E-state index in [-0.39, 0.29) is 11.4 Å². The first kappa shape index (κ1) is 24.3. The van der Waals surface area contributed by atoms with Gasteiger partial charge in [-0.2, -0.15) is 0 Å². The molecule has 174 valence electrons. The minimum absolute atomic E-state index is 0.108. The number of carbonyl (C=O) groups excluding carboxylic acids is 2. The third-order valence-electron chi connectivity index (χ3n) is 5.02. The Balaban J connectivity index is 1.56. The maximum atomic E-state index is 14.0. The predicted molar refractivity (Wildman–Crippen MR) is 139 cm³/mol. The van der Waals surface area contributed by atoms with E-state index in [4.69, 9.17) is 9.47 Å². The van der Waals surface area contributed by atoms with Gasteiger partial charge in [-0.1, -0.05) is 48.5 Å². The minimum atomic E-state index is -0.451. The third kappa shape index (κ3) is 5.61. The monoisotopic (exact) mass is 589 g/mol. The summed E-state index contributed by atoms with van der Waals surface area (Å²) in [4.78, 5) is 26.7. The molecule has 1 fully saturated rings. The van der Waals surface area contributed by atoms with Crippen LogP contribution in [-0.2, 0) is 17.9 Å². The van der Waals surface area contributed by atoms with E-state index in [9.17, 15) is 14.0 Å². The quantitative estimate of drug-likeness (QED) is 0.218. The average molecular weight is 589 g/mol. The topological polar surface area (TPSA) is 55.8 Å². The van der Waals surface area contributed by atoms with Gasteiger partial charge in [-0.25, -0.2) is 4.39 Å². The number of ether oxygens (including phenoxy) is 2. The van der Waals surface area contributed by atoms with Gasteiger partial charge < -0.3 is 9.47 Å². The number of rotatable bonds is 8. The normalized spacial score (nSPS) is 14.7. The highest BCUT2D eigenvalue weighted by molar-refractivity contribution is 14.1. The van der Waals surface area contributed by atoms with E-state index in [1.807, 2.05) is 43.3 Å². The first-order valence-electron chi connectivity index (χ1n) is 10.6.